The van der Waals surface area contributed by atoms with Crippen LogP contribution in [0.15, 0.2) is 35.1 Å². The highest BCUT2D eigenvalue weighted by atomic mass is 32.2. The summed E-state index contributed by atoms with van der Waals surface area (Å²) < 4.78 is 11.2. The van der Waals surface area contributed by atoms with Crippen LogP contribution in [0.3, 0.4) is 0 Å². The first-order valence-electron chi connectivity index (χ1n) is 3.21. The van der Waals surface area contributed by atoms with Crippen LogP contribution in [0.5, 0.6) is 0 Å². The third-order valence-electron chi connectivity index (χ3n) is 1.43. The highest BCUT2D eigenvalue weighted by Gasteiger charge is 2.10. The van der Waals surface area contributed by atoms with Crippen LogP contribution in [0.2, 0.25) is 0 Å². The molecule has 0 N–H and O–H groups in total. The van der Waals surface area contributed by atoms with Crippen LogP contribution in [0.4, 0.5) is 0 Å². The molecule has 0 saturated heterocycles. The molecular formula is C8H6OS2. The molecular weight excluding hydrogens is 176 g/mol. The summed E-state index contributed by atoms with van der Waals surface area (Å²) >= 11 is 1.62. The van der Waals surface area contributed by atoms with Gasteiger partial charge in [0, 0.05) is 10.3 Å². The van der Waals surface area contributed by atoms with Crippen LogP contribution in [-0.2, 0) is 10.8 Å². The van der Waals surface area contributed by atoms with E-state index >= 15 is 0 Å². The van der Waals surface area contributed by atoms with Crippen LogP contribution < -0.4 is 0 Å². The van der Waals surface area contributed by atoms with Crippen molar-refractivity contribution in [2.75, 3.05) is 0 Å². The summed E-state index contributed by atoms with van der Waals surface area (Å²) in [7, 11) is -0.899. The maximum atomic E-state index is 11.2. The molecule has 3 heteroatoms. The van der Waals surface area contributed by atoms with Crippen LogP contribution >= 0.6 is 11.3 Å². The highest BCUT2D eigenvalue weighted by molar-refractivity contribution is 7.97. The topological polar surface area (TPSA) is 17.1 Å². The summed E-state index contributed by atoms with van der Waals surface area (Å²) in [5, 5.41) is 3.70. The summed E-state index contributed by atoms with van der Waals surface area (Å²) in [6.45, 7) is 0. The summed E-state index contributed by atoms with van der Waals surface area (Å²) in [6.07, 6.45) is 3.74. The lowest BCUT2D eigenvalue weighted by Gasteiger charge is -1.93. The van der Waals surface area contributed by atoms with Gasteiger partial charge < -0.3 is 0 Å². The molecule has 0 spiro atoms. The molecule has 1 aromatic heterocycles. The van der Waals surface area contributed by atoms with Gasteiger partial charge in [-0.1, -0.05) is 12.1 Å². The molecule has 1 aliphatic heterocycles. The number of rotatable bonds is 1. The van der Waals surface area contributed by atoms with Crippen molar-refractivity contribution >= 4 is 27.0 Å². The Labute approximate surface area is 71.5 Å². The van der Waals surface area contributed by atoms with E-state index < -0.39 is 10.8 Å². The molecule has 56 valence electrons. The minimum absolute atomic E-state index is 0.899. The second-order valence-electron chi connectivity index (χ2n) is 2.13. The minimum Gasteiger partial charge on any atom is -0.250 e. The van der Waals surface area contributed by atoms with Crippen molar-refractivity contribution in [1.29, 1.82) is 0 Å². The van der Waals surface area contributed by atoms with Gasteiger partial charge in [0.05, 0.1) is 15.7 Å². The Morgan fingerprint density at radius 3 is 2.91 bits per heavy atom. The van der Waals surface area contributed by atoms with E-state index in [1.54, 1.807) is 16.7 Å². The van der Waals surface area contributed by atoms with Gasteiger partial charge >= 0.3 is 0 Å². The molecule has 0 aromatic carbocycles. The number of hydrogen-bond donors (Lipinski definition) is 0. The average Bonchev–Trinajstić information content (AvgIpc) is 2.55. The zero-order chi connectivity index (χ0) is 7.68. The average molecular weight is 182 g/mol. The van der Waals surface area contributed by atoms with Crippen LogP contribution in [0, 0.1) is 0 Å². The molecule has 1 nitrogen and oxygen atoms in total. The SMILES string of the molecule is O=S1C=CC=C1c1cccs1. The van der Waals surface area contributed by atoms with E-state index in [1.165, 1.54) is 0 Å². The maximum Gasteiger partial charge on any atom is 0.0790 e. The molecule has 0 aliphatic carbocycles. The summed E-state index contributed by atoms with van der Waals surface area (Å²) in [5.74, 6) is 0. The summed E-state index contributed by atoms with van der Waals surface area (Å²) in [4.78, 5) is 2.04. The van der Waals surface area contributed by atoms with Gasteiger partial charge in [0.1, 0.15) is 0 Å². The van der Waals surface area contributed by atoms with E-state index in [9.17, 15) is 4.21 Å². The Kier molecular flexibility index (Phi) is 1.75. The van der Waals surface area contributed by atoms with Crippen molar-refractivity contribution in [2.24, 2.45) is 0 Å². The first-order valence-corrected chi connectivity index (χ1v) is 5.30. The molecule has 0 fully saturated rings. The Balaban J connectivity index is 2.40. The molecule has 1 aliphatic rings. The van der Waals surface area contributed by atoms with Crippen molar-refractivity contribution in [3.05, 3.63) is 40.0 Å². The quantitative estimate of drug-likeness (QED) is 0.651. The monoisotopic (exact) mass is 182 g/mol. The largest absolute Gasteiger partial charge is 0.250 e. The first-order chi connectivity index (χ1) is 5.38. The van der Waals surface area contributed by atoms with Crippen molar-refractivity contribution < 1.29 is 4.21 Å². The summed E-state index contributed by atoms with van der Waals surface area (Å²) in [5.41, 5.74) is 0. The van der Waals surface area contributed by atoms with Crippen molar-refractivity contribution in [1.82, 2.24) is 0 Å². The van der Waals surface area contributed by atoms with Gasteiger partial charge in [0.15, 0.2) is 0 Å². The predicted octanol–water partition coefficient (Wildman–Crippen LogP) is 2.37. The zero-order valence-corrected chi connectivity index (χ0v) is 7.32. The van der Waals surface area contributed by atoms with Gasteiger partial charge in [-0.15, -0.1) is 11.3 Å². The third kappa shape index (κ3) is 1.21. The van der Waals surface area contributed by atoms with E-state index in [4.69, 9.17) is 0 Å². The molecule has 0 saturated carbocycles. The molecule has 2 rings (SSSR count). The number of thiophene rings is 1. The maximum absolute atomic E-state index is 11.2. The lowest BCUT2D eigenvalue weighted by atomic mass is 10.4. The van der Waals surface area contributed by atoms with Gasteiger partial charge in [-0.05, 0) is 17.5 Å². The van der Waals surface area contributed by atoms with Gasteiger partial charge in [-0.25, -0.2) is 4.21 Å². The molecule has 0 amide bonds. The predicted molar refractivity (Wildman–Crippen MR) is 49.6 cm³/mol. The van der Waals surface area contributed by atoms with Gasteiger partial charge in [0.25, 0.3) is 0 Å². The van der Waals surface area contributed by atoms with E-state index in [1.807, 2.05) is 29.7 Å². The standard InChI is InChI=1S/C8H6OS2/c9-11-6-2-4-8(11)7-3-1-5-10-7/h1-6H. The molecule has 2 heterocycles. The molecule has 1 atom stereocenters. The fourth-order valence-corrected chi connectivity index (χ4v) is 2.82. The molecule has 0 bridgehead atoms. The normalized spacial score (nSPS) is 22.2. The van der Waals surface area contributed by atoms with Crippen molar-refractivity contribution in [3.8, 4) is 0 Å². The van der Waals surface area contributed by atoms with E-state index in [-0.39, 0.29) is 0 Å². The Morgan fingerprint density at radius 1 is 1.45 bits per heavy atom. The number of allylic oxidation sites excluding steroid dienone is 2. The molecule has 1 unspecified atom stereocenters. The van der Waals surface area contributed by atoms with E-state index in [0.29, 0.717) is 0 Å². The number of hydrogen-bond acceptors (Lipinski definition) is 2. The smallest absolute Gasteiger partial charge is 0.0790 e. The van der Waals surface area contributed by atoms with Crippen molar-refractivity contribution in [2.45, 2.75) is 0 Å². The molecule has 0 radical (unpaired) electrons. The van der Waals surface area contributed by atoms with Crippen LogP contribution in [0.1, 0.15) is 4.88 Å². The second-order valence-corrected chi connectivity index (χ2v) is 4.39. The van der Waals surface area contributed by atoms with Gasteiger partial charge in [0.2, 0.25) is 0 Å². The van der Waals surface area contributed by atoms with E-state index in [0.717, 1.165) is 9.78 Å². The molecule has 11 heavy (non-hydrogen) atoms. The highest BCUT2D eigenvalue weighted by Crippen LogP contribution is 2.26. The van der Waals surface area contributed by atoms with Crippen molar-refractivity contribution in [3.63, 3.8) is 0 Å². The Hall–Kier alpha value is -0.670. The van der Waals surface area contributed by atoms with Gasteiger partial charge in [-0.2, -0.15) is 0 Å². The van der Waals surface area contributed by atoms with Gasteiger partial charge in [-0.3, -0.25) is 0 Å². The zero-order valence-electron chi connectivity index (χ0n) is 5.69. The fraction of sp³-hybridized carbons (Fsp3) is 0. The summed E-state index contributed by atoms with van der Waals surface area (Å²) in [6, 6.07) is 3.96. The Bertz CT molecular complexity index is 333. The van der Waals surface area contributed by atoms with E-state index in [2.05, 4.69) is 0 Å². The third-order valence-corrected chi connectivity index (χ3v) is 3.66. The van der Waals surface area contributed by atoms with Crippen LogP contribution in [-0.4, -0.2) is 4.21 Å². The minimum atomic E-state index is -0.899. The molecule has 1 aromatic rings. The fourth-order valence-electron chi connectivity index (χ4n) is 0.938. The Morgan fingerprint density at radius 2 is 2.36 bits per heavy atom. The second kappa shape index (κ2) is 2.75. The van der Waals surface area contributed by atoms with Crippen LogP contribution in [0.25, 0.3) is 4.91 Å². The lowest BCUT2D eigenvalue weighted by Crippen LogP contribution is -1.81. The first kappa shape index (κ1) is 7.00. The lowest BCUT2D eigenvalue weighted by molar-refractivity contribution is 0.694.